The molecule has 0 aromatic heterocycles. The molecule has 0 aliphatic carbocycles. The van der Waals surface area contributed by atoms with Crippen molar-refractivity contribution in [2.45, 2.75) is 13.3 Å². The Morgan fingerprint density at radius 1 is 1.41 bits per heavy atom. The third kappa shape index (κ3) is 3.62. The standard InChI is InChI=1S/C15H19ClN2O4/c1-9-6-10(14(19)20)8-18(7-9)15(21)17-12-5-3-4-11(16)13(12)22-2/h3-5,9-10H,6-8H2,1-2H3,(H,17,21)(H,19,20). The fraction of sp³-hybridized carbons (Fsp3) is 0.467. The number of carbonyl (C=O) groups excluding carboxylic acids is 1. The van der Waals surface area contributed by atoms with Gasteiger partial charge in [-0.25, -0.2) is 4.79 Å². The van der Waals surface area contributed by atoms with Crippen LogP contribution in [0.4, 0.5) is 10.5 Å². The first-order valence-electron chi connectivity index (χ1n) is 7.03. The Hall–Kier alpha value is -1.95. The van der Waals surface area contributed by atoms with Gasteiger partial charge in [-0.3, -0.25) is 4.79 Å². The zero-order valence-corrected chi connectivity index (χ0v) is 13.3. The lowest BCUT2D eigenvalue weighted by molar-refractivity contribution is -0.143. The average molecular weight is 327 g/mol. The molecule has 2 rings (SSSR count). The number of piperidine rings is 1. The minimum atomic E-state index is -0.871. The third-order valence-corrected chi connectivity index (χ3v) is 4.01. The van der Waals surface area contributed by atoms with Gasteiger partial charge in [0.2, 0.25) is 0 Å². The zero-order chi connectivity index (χ0) is 16.3. The highest BCUT2D eigenvalue weighted by Crippen LogP contribution is 2.33. The molecule has 0 saturated carbocycles. The number of halogens is 1. The maximum absolute atomic E-state index is 12.4. The summed E-state index contributed by atoms with van der Waals surface area (Å²) in [6.45, 7) is 2.67. The Balaban J connectivity index is 2.12. The van der Waals surface area contributed by atoms with Gasteiger partial charge in [0.05, 0.1) is 23.7 Å². The van der Waals surface area contributed by atoms with Crippen molar-refractivity contribution in [3.05, 3.63) is 23.2 Å². The van der Waals surface area contributed by atoms with E-state index in [1.54, 1.807) is 18.2 Å². The minimum absolute atomic E-state index is 0.141. The largest absolute Gasteiger partial charge is 0.493 e. The first-order valence-corrected chi connectivity index (χ1v) is 7.41. The van der Waals surface area contributed by atoms with E-state index in [9.17, 15) is 9.59 Å². The molecule has 7 heteroatoms. The third-order valence-electron chi connectivity index (χ3n) is 3.71. The number of urea groups is 1. The van der Waals surface area contributed by atoms with Gasteiger partial charge in [0, 0.05) is 13.1 Å². The van der Waals surface area contributed by atoms with Gasteiger partial charge < -0.3 is 20.1 Å². The minimum Gasteiger partial charge on any atom is -0.493 e. The van der Waals surface area contributed by atoms with Crippen LogP contribution in [0.1, 0.15) is 13.3 Å². The fourth-order valence-corrected chi connectivity index (χ4v) is 2.96. The maximum atomic E-state index is 12.4. The Labute approximate surface area is 134 Å². The molecule has 2 atom stereocenters. The Kier molecular flexibility index (Phi) is 5.13. The zero-order valence-electron chi connectivity index (χ0n) is 12.5. The quantitative estimate of drug-likeness (QED) is 0.895. The summed E-state index contributed by atoms with van der Waals surface area (Å²) in [6.07, 6.45) is 0.583. The SMILES string of the molecule is COc1c(Cl)cccc1NC(=O)N1CC(C)CC(C(=O)O)C1. The first kappa shape index (κ1) is 16.4. The fourth-order valence-electron chi connectivity index (χ4n) is 2.71. The van der Waals surface area contributed by atoms with Crippen LogP contribution in [0.25, 0.3) is 0 Å². The number of carbonyl (C=O) groups is 2. The number of hydrogen-bond donors (Lipinski definition) is 2. The van der Waals surface area contributed by atoms with Gasteiger partial charge in [0.25, 0.3) is 0 Å². The second kappa shape index (κ2) is 6.87. The topological polar surface area (TPSA) is 78.9 Å². The maximum Gasteiger partial charge on any atom is 0.321 e. The van der Waals surface area contributed by atoms with Crippen LogP contribution in [-0.4, -0.2) is 42.2 Å². The number of amides is 2. The summed E-state index contributed by atoms with van der Waals surface area (Å²) in [5.41, 5.74) is 0.463. The van der Waals surface area contributed by atoms with E-state index < -0.39 is 11.9 Å². The van der Waals surface area contributed by atoms with Gasteiger partial charge >= 0.3 is 12.0 Å². The monoisotopic (exact) mass is 326 g/mol. The van der Waals surface area contributed by atoms with E-state index in [-0.39, 0.29) is 18.5 Å². The van der Waals surface area contributed by atoms with Crippen molar-refractivity contribution in [2.24, 2.45) is 11.8 Å². The van der Waals surface area contributed by atoms with Gasteiger partial charge in [-0.1, -0.05) is 24.6 Å². The van der Waals surface area contributed by atoms with Gasteiger partial charge in [0.1, 0.15) is 0 Å². The van der Waals surface area contributed by atoms with Crippen LogP contribution in [0.3, 0.4) is 0 Å². The highest BCUT2D eigenvalue weighted by atomic mass is 35.5. The molecule has 22 heavy (non-hydrogen) atoms. The van der Waals surface area contributed by atoms with E-state index in [0.29, 0.717) is 29.4 Å². The van der Waals surface area contributed by atoms with Crippen LogP contribution in [0.2, 0.25) is 5.02 Å². The average Bonchev–Trinajstić information content (AvgIpc) is 2.46. The van der Waals surface area contributed by atoms with Crippen molar-refractivity contribution in [2.75, 3.05) is 25.5 Å². The number of methoxy groups -OCH3 is 1. The first-order chi connectivity index (χ1) is 10.4. The molecule has 1 aromatic carbocycles. The van der Waals surface area contributed by atoms with Crippen LogP contribution >= 0.6 is 11.6 Å². The second-order valence-corrected chi connectivity index (χ2v) is 5.94. The summed E-state index contributed by atoms with van der Waals surface area (Å²) in [5.74, 6) is -0.875. The lowest BCUT2D eigenvalue weighted by atomic mass is 9.91. The lowest BCUT2D eigenvalue weighted by Gasteiger charge is -2.34. The predicted octanol–water partition coefficient (Wildman–Crippen LogP) is 2.92. The molecule has 1 aromatic rings. The van der Waals surface area contributed by atoms with E-state index in [4.69, 9.17) is 21.4 Å². The number of hydrogen-bond acceptors (Lipinski definition) is 3. The van der Waals surface area contributed by atoms with Crippen LogP contribution in [0, 0.1) is 11.8 Å². The number of para-hydroxylation sites is 1. The molecule has 2 amide bonds. The van der Waals surface area contributed by atoms with Crippen molar-refractivity contribution in [1.82, 2.24) is 4.90 Å². The molecule has 6 nitrogen and oxygen atoms in total. The van der Waals surface area contributed by atoms with Gasteiger partial charge in [-0.2, -0.15) is 0 Å². The summed E-state index contributed by atoms with van der Waals surface area (Å²) in [5, 5.41) is 12.3. The smallest absolute Gasteiger partial charge is 0.321 e. The van der Waals surface area contributed by atoms with Crippen molar-refractivity contribution < 1.29 is 19.4 Å². The van der Waals surface area contributed by atoms with Crippen molar-refractivity contribution >= 4 is 29.3 Å². The summed E-state index contributed by atoms with van der Waals surface area (Å²) >= 11 is 6.02. The molecule has 1 saturated heterocycles. The number of nitrogens with one attached hydrogen (secondary N) is 1. The molecule has 0 bridgehead atoms. The van der Waals surface area contributed by atoms with E-state index in [0.717, 1.165) is 0 Å². The molecule has 0 radical (unpaired) electrons. The highest BCUT2D eigenvalue weighted by molar-refractivity contribution is 6.32. The Morgan fingerprint density at radius 2 is 2.14 bits per heavy atom. The molecule has 2 unspecified atom stereocenters. The summed E-state index contributed by atoms with van der Waals surface area (Å²) in [6, 6.07) is 4.71. The molecule has 2 N–H and O–H groups in total. The van der Waals surface area contributed by atoms with E-state index in [1.165, 1.54) is 12.0 Å². The molecular formula is C15H19ClN2O4. The Bertz CT molecular complexity index is 579. The number of aliphatic carboxylic acids is 1. The van der Waals surface area contributed by atoms with E-state index >= 15 is 0 Å². The Morgan fingerprint density at radius 3 is 2.77 bits per heavy atom. The van der Waals surface area contributed by atoms with Crippen molar-refractivity contribution in [1.29, 1.82) is 0 Å². The molecular weight excluding hydrogens is 308 g/mol. The molecule has 120 valence electrons. The normalized spacial score (nSPS) is 21.3. The van der Waals surface area contributed by atoms with Gasteiger partial charge in [-0.05, 0) is 24.5 Å². The van der Waals surface area contributed by atoms with Crippen LogP contribution < -0.4 is 10.1 Å². The van der Waals surface area contributed by atoms with Crippen molar-refractivity contribution in [3.8, 4) is 5.75 Å². The number of likely N-dealkylation sites (tertiary alicyclic amines) is 1. The van der Waals surface area contributed by atoms with Crippen LogP contribution in [-0.2, 0) is 4.79 Å². The highest BCUT2D eigenvalue weighted by Gasteiger charge is 2.32. The number of anilines is 1. The second-order valence-electron chi connectivity index (χ2n) is 5.53. The van der Waals surface area contributed by atoms with E-state index in [2.05, 4.69) is 5.32 Å². The van der Waals surface area contributed by atoms with Gasteiger partial charge in [-0.15, -0.1) is 0 Å². The molecule has 1 aliphatic rings. The van der Waals surface area contributed by atoms with Crippen LogP contribution in [0.15, 0.2) is 18.2 Å². The number of rotatable bonds is 3. The van der Waals surface area contributed by atoms with E-state index in [1.807, 2.05) is 6.92 Å². The number of ether oxygens (including phenoxy) is 1. The summed E-state index contributed by atoms with van der Waals surface area (Å²) < 4.78 is 5.19. The summed E-state index contributed by atoms with van der Waals surface area (Å²) in [4.78, 5) is 25.1. The van der Waals surface area contributed by atoms with Gasteiger partial charge in [0.15, 0.2) is 5.75 Å². The number of carboxylic acid groups (broad SMARTS) is 1. The van der Waals surface area contributed by atoms with Crippen LogP contribution in [0.5, 0.6) is 5.75 Å². The number of nitrogens with zero attached hydrogens (tertiary/aromatic N) is 1. The van der Waals surface area contributed by atoms with Crippen molar-refractivity contribution in [3.63, 3.8) is 0 Å². The lowest BCUT2D eigenvalue weighted by Crippen LogP contribution is -2.47. The molecule has 0 spiro atoms. The predicted molar refractivity (Wildman–Crippen MR) is 83.5 cm³/mol. The number of benzene rings is 1. The number of carboxylic acids is 1. The summed E-state index contributed by atoms with van der Waals surface area (Å²) in [7, 11) is 1.47. The molecule has 1 aliphatic heterocycles. The molecule has 1 fully saturated rings. The molecule has 1 heterocycles.